The molecule has 0 saturated carbocycles. The lowest BCUT2D eigenvalue weighted by atomic mass is 10.3. The number of hydrogen-bond donors (Lipinski definition) is 0. The lowest BCUT2D eigenvalue weighted by Crippen LogP contribution is -2.23. The molecule has 0 aliphatic rings. The number of carbonyl (C=O) groups excluding carboxylic acids is 2. The molecule has 0 aliphatic heterocycles. The van der Waals surface area contributed by atoms with E-state index in [1.54, 1.807) is 47.7 Å². The molecular formula is C19H22N4O5S. The van der Waals surface area contributed by atoms with Crippen LogP contribution in [-0.2, 0) is 22.6 Å². The van der Waals surface area contributed by atoms with Gasteiger partial charge < -0.3 is 18.8 Å². The Morgan fingerprint density at radius 3 is 2.52 bits per heavy atom. The normalized spacial score (nSPS) is 11.7. The zero-order valence-corrected chi connectivity index (χ0v) is 17.5. The van der Waals surface area contributed by atoms with Crippen molar-refractivity contribution in [3.63, 3.8) is 0 Å². The standard InChI is InChI=1S/C19H22N4O5S/c1-5-23-12(9-10-20-23)18(25)21-19-22(11-15(24)28-6-2)16-13(26-3)7-8-14(27-4)17(16)29-19/h7-10H,5-6,11H2,1-4H3. The van der Waals surface area contributed by atoms with Gasteiger partial charge in [-0.05, 0) is 32.0 Å². The van der Waals surface area contributed by atoms with Crippen molar-refractivity contribution in [2.24, 2.45) is 4.99 Å². The molecule has 0 unspecified atom stereocenters. The van der Waals surface area contributed by atoms with E-state index in [1.165, 1.54) is 18.4 Å². The molecule has 3 aromatic rings. The first kappa shape index (κ1) is 20.6. The Morgan fingerprint density at radius 1 is 1.14 bits per heavy atom. The lowest BCUT2D eigenvalue weighted by Gasteiger charge is -2.10. The van der Waals surface area contributed by atoms with E-state index >= 15 is 0 Å². The molecule has 0 spiro atoms. The SMILES string of the molecule is CCOC(=O)Cn1c(=NC(=O)c2ccnn2CC)sc2c(OC)ccc(OC)c21. The van der Waals surface area contributed by atoms with Gasteiger partial charge in [-0.2, -0.15) is 10.1 Å². The van der Waals surface area contributed by atoms with Crippen LogP contribution in [0.5, 0.6) is 11.5 Å². The number of nitrogens with zero attached hydrogens (tertiary/aromatic N) is 4. The highest BCUT2D eigenvalue weighted by atomic mass is 32.1. The number of esters is 1. The quantitative estimate of drug-likeness (QED) is 0.546. The molecule has 0 aliphatic carbocycles. The van der Waals surface area contributed by atoms with Gasteiger partial charge in [0.2, 0.25) is 0 Å². The fourth-order valence-electron chi connectivity index (χ4n) is 2.93. The van der Waals surface area contributed by atoms with Gasteiger partial charge in [0, 0.05) is 12.7 Å². The molecule has 0 fully saturated rings. The van der Waals surface area contributed by atoms with E-state index in [2.05, 4.69) is 10.1 Å². The number of aromatic nitrogens is 3. The summed E-state index contributed by atoms with van der Waals surface area (Å²) in [5.74, 6) is 0.237. The van der Waals surface area contributed by atoms with Crippen LogP contribution in [0, 0.1) is 0 Å². The Labute approximate surface area is 171 Å². The molecule has 2 aromatic heterocycles. The summed E-state index contributed by atoms with van der Waals surface area (Å²) in [6.45, 7) is 4.30. The predicted octanol–water partition coefficient (Wildman–Crippen LogP) is 2.24. The second-order valence-electron chi connectivity index (χ2n) is 5.87. The first-order chi connectivity index (χ1) is 14.0. The Hall–Kier alpha value is -3.14. The van der Waals surface area contributed by atoms with Crippen LogP contribution < -0.4 is 14.3 Å². The van der Waals surface area contributed by atoms with Crippen molar-refractivity contribution in [1.29, 1.82) is 0 Å². The molecule has 154 valence electrons. The van der Waals surface area contributed by atoms with Crippen LogP contribution in [0.1, 0.15) is 24.3 Å². The second-order valence-corrected chi connectivity index (χ2v) is 6.85. The molecule has 2 heterocycles. The third-order valence-electron chi connectivity index (χ3n) is 4.22. The number of methoxy groups -OCH3 is 2. The number of thiazole rings is 1. The van der Waals surface area contributed by atoms with Crippen molar-refractivity contribution in [3.8, 4) is 11.5 Å². The third kappa shape index (κ3) is 4.02. The molecule has 1 amide bonds. The maximum absolute atomic E-state index is 12.8. The van der Waals surface area contributed by atoms with Gasteiger partial charge in [0.25, 0.3) is 5.91 Å². The summed E-state index contributed by atoms with van der Waals surface area (Å²) in [6, 6.07) is 5.12. The number of ether oxygens (including phenoxy) is 3. The topological polar surface area (TPSA) is 96.9 Å². The Balaban J connectivity index is 2.24. The molecular weight excluding hydrogens is 396 g/mol. The first-order valence-corrected chi connectivity index (χ1v) is 9.86. The van der Waals surface area contributed by atoms with Gasteiger partial charge in [-0.25, -0.2) is 0 Å². The largest absolute Gasteiger partial charge is 0.495 e. The first-order valence-electron chi connectivity index (χ1n) is 9.04. The van der Waals surface area contributed by atoms with Crippen molar-refractivity contribution >= 4 is 33.4 Å². The minimum Gasteiger partial charge on any atom is -0.495 e. The highest BCUT2D eigenvalue weighted by molar-refractivity contribution is 7.16. The molecule has 9 nitrogen and oxygen atoms in total. The van der Waals surface area contributed by atoms with Gasteiger partial charge in [-0.3, -0.25) is 14.3 Å². The number of benzene rings is 1. The summed E-state index contributed by atoms with van der Waals surface area (Å²) >= 11 is 1.24. The maximum atomic E-state index is 12.8. The van der Waals surface area contributed by atoms with E-state index in [9.17, 15) is 9.59 Å². The molecule has 0 atom stereocenters. The minimum absolute atomic E-state index is 0.115. The monoisotopic (exact) mass is 418 g/mol. The van der Waals surface area contributed by atoms with Crippen LogP contribution in [0.2, 0.25) is 0 Å². The van der Waals surface area contributed by atoms with Gasteiger partial charge in [0.05, 0.1) is 20.8 Å². The average Bonchev–Trinajstić information content (AvgIpc) is 3.33. The van der Waals surface area contributed by atoms with Gasteiger partial charge in [0.1, 0.15) is 34.0 Å². The van der Waals surface area contributed by atoms with Crippen LogP contribution in [-0.4, -0.2) is 47.1 Å². The van der Waals surface area contributed by atoms with E-state index in [0.29, 0.717) is 38.8 Å². The van der Waals surface area contributed by atoms with E-state index < -0.39 is 11.9 Å². The number of amides is 1. The van der Waals surface area contributed by atoms with E-state index in [4.69, 9.17) is 14.2 Å². The van der Waals surface area contributed by atoms with Crippen molar-refractivity contribution in [1.82, 2.24) is 14.3 Å². The molecule has 0 bridgehead atoms. The number of aryl methyl sites for hydroxylation is 1. The highest BCUT2D eigenvalue weighted by Gasteiger charge is 2.19. The smallest absolute Gasteiger partial charge is 0.326 e. The van der Waals surface area contributed by atoms with Gasteiger partial charge in [-0.15, -0.1) is 0 Å². The van der Waals surface area contributed by atoms with Crippen LogP contribution in [0.15, 0.2) is 29.4 Å². The number of hydrogen-bond acceptors (Lipinski definition) is 7. The van der Waals surface area contributed by atoms with Gasteiger partial charge in [0.15, 0.2) is 4.80 Å². The Kier molecular flexibility index (Phi) is 6.32. The molecule has 10 heteroatoms. The van der Waals surface area contributed by atoms with E-state index in [1.807, 2.05) is 6.92 Å². The molecule has 0 saturated heterocycles. The summed E-state index contributed by atoms with van der Waals surface area (Å²) < 4.78 is 19.9. The van der Waals surface area contributed by atoms with Crippen LogP contribution in [0.25, 0.3) is 10.2 Å². The number of fused-ring (bicyclic) bond motifs is 1. The number of carbonyl (C=O) groups is 2. The van der Waals surface area contributed by atoms with Crippen LogP contribution in [0.3, 0.4) is 0 Å². The van der Waals surface area contributed by atoms with Gasteiger partial charge >= 0.3 is 5.97 Å². The van der Waals surface area contributed by atoms with Crippen molar-refractivity contribution in [2.75, 3.05) is 20.8 Å². The summed E-state index contributed by atoms with van der Waals surface area (Å²) in [4.78, 5) is 29.6. The summed E-state index contributed by atoms with van der Waals surface area (Å²) in [6.07, 6.45) is 1.55. The molecule has 3 rings (SSSR count). The predicted molar refractivity (Wildman–Crippen MR) is 107 cm³/mol. The average molecular weight is 418 g/mol. The molecule has 0 N–H and O–H groups in total. The fourth-order valence-corrected chi connectivity index (χ4v) is 4.07. The van der Waals surface area contributed by atoms with Crippen LogP contribution >= 0.6 is 11.3 Å². The molecule has 29 heavy (non-hydrogen) atoms. The summed E-state index contributed by atoms with van der Waals surface area (Å²) in [7, 11) is 3.09. The molecule has 1 aromatic carbocycles. The Morgan fingerprint density at radius 2 is 1.86 bits per heavy atom. The van der Waals surface area contributed by atoms with Crippen LogP contribution in [0.4, 0.5) is 0 Å². The third-order valence-corrected chi connectivity index (χ3v) is 5.31. The van der Waals surface area contributed by atoms with Gasteiger partial charge in [-0.1, -0.05) is 11.3 Å². The summed E-state index contributed by atoms with van der Waals surface area (Å²) in [5.41, 5.74) is 0.979. The number of rotatable bonds is 7. The fraction of sp³-hybridized carbons (Fsp3) is 0.368. The van der Waals surface area contributed by atoms with E-state index in [-0.39, 0.29) is 13.2 Å². The second kappa shape index (κ2) is 8.91. The van der Waals surface area contributed by atoms with Crippen molar-refractivity contribution in [2.45, 2.75) is 26.9 Å². The highest BCUT2D eigenvalue weighted by Crippen LogP contribution is 2.35. The summed E-state index contributed by atoms with van der Waals surface area (Å²) in [5, 5.41) is 4.11. The van der Waals surface area contributed by atoms with Crippen molar-refractivity contribution in [3.05, 3.63) is 34.9 Å². The minimum atomic E-state index is -0.452. The molecule has 0 radical (unpaired) electrons. The zero-order valence-electron chi connectivity index (χ0n) is 16.7. The maximum Gasteiger partial charge on any atom is 0.326 e. The van der Waals surface area contributed by atoms with Crippen molar-refractivity contribution < 1.29 is 23.8 Å². The van der Waals surface area contributed by atoms with E-state index in [0.717, 1.165) is 0 Å². The lowest BCUT2D eigenvalue weighted by molar-refractivity contribution is -0.143. The zero-order chi connectivity index (χ0) is 21.0. The Bertz CT molecular complexity index is 1110.